The quantitative estimate of drug-likeness (QED) is 0.664. The van der Waals surface area contributed by atoms with Crippen molar-refractivity contribution in [1.29, 1.82) is 0 Å². The summed E-state index contributed by atoms with van der Waals surface area (Å²) in [6.07, 6.45) is 3.78. The highest BCUT2D eigenvalue weighted by Gasteiger charge is 2.26. The number of aryl methyl sites for hydroxylation is 1. The average Bonchev–Trinajstić information content (AvgIpc) is 2.26. The predicted molar refractivity (Wildman–Crippen MR) is 69.7 cm³/mol. The molecule has 18 heavy (non-hydrogen) atoms. The molecule has 1 aliphatic rings. The van der Waals surface area contributed by atoms with Gasteiger partial charge < -0.3 is 9.84 Å². The van der Waals surface area contributed by atoms with Crippen LogP contribution in [0.3, 0.4) is 0 Å². The second kappa shape index (κ2) is 4.72. The largest absolute Gasteiger partial charge is 0.505 e. The van der Waals surface area contributed by atoms with E-state index in [2.05, 4.69) is 0 Å². The van der Waals surface area contributed by atoms with Crippen molar-refractivity contribution >= 4 is 9.93 Å². The summed E-state index contributed by atoms with van der Waals surface area (Å²) in [7, 11) is -2.16. The van der Waals surface area contributed by atoms with E-state index < -0.39 is 16.0 Å². The van der Waals surface area contributed by atoms with Crippen molar-refractivity contribution in [2.75, 3.05) is 12.5 Å². The van der Waals surface area contributed by atoms with E-state index in [9.17, 15) is 13.7 Å². The van der Waals surface area contributed by atoms with Crippen LogP contribution in [0.2, 0.25) is 0 Å². The summed E-state index contributed by atoms with van der Waals surface area (Å²) in [6.45, 7) is 0. The lowest BCUT2D eigenvalue weighted by atomic mass is 10.0. The fourth-order valence-electron chi connectivity index (χ4n) is 1.93. The van der Waals surface area contributed by atoms with Crippen molar-refractivity contribution in [2.24, 2.45) is 0 Å². The standard InChI is InChI=1S/C13H15FO3S/c1-18(2,16)8-11(15)13-5-3-9-7-10(14)4-6-12(9)17-13/h4,6-8,13H,3,5H2,1-2H3/p+1. The molecule has 0 bridgehead atoms. The lowest BCUT2D eigenvalue weighted by molar-refractivity contribution is 0.153. The van der Waals surface area contributed by atoms with E-state index >= 15 is 0 Å². The summed E-state index contributed by atoms with van der Waals surface area (Å²) in [5.41, 5.74) is 0.799. The predicted octanol–water partition coefficient (Wildman–Crippen LogP) is 2.68. The SMILES string of the molecule is C[S+](C)(=O)/C=C(\O)C1CCc2cc(F)ccc2O1. The third kappa shape index (κ3) is 3.10. The van der Waals surface area contributed by atoms with Crippen LogP contribution in [0.15, 0.2) is 29.4 Å². The number of hydrogen-bond acceptors (Lipinski definition) is 3. The van der Waals surface area contributed by atoms with Gasteiger partial charge in [0.2, 0.25) is 0 Å². The van der Waals surface area contributed by atoms with Crippen molar-refractivity contribution < 1.29 is 18.4 Å². The molecule has 2 rings (SSSR count). The zero-order chi connectivity index (χ0) is 13.3. The van der Waals surface area contributed by atoms with Crippen molar-refractivity contribution in [2.45, 2.75) is 18.9 Å². The molecule has 0 aliphatic carbocycles. The van der Waals surface area contributed by atoms with Gasteiger partial charge in [0.25, 0.3) is 0 Å². The molecule has 0 saturated carbocycles. The Morgan fingerprint density at radius 1 is 1.56 bits per heavy atom. The molecule has 0 spiro atoms. The number of hydrogen-bond donors (Lipinski definition) is 1. The Balaban J connectivity index is 2.20. The van der Waals surface area contributed by atoms with Gasteiger partial charge in [-0.25, -0.2) is 4.39 Å². The van der Waals surface area contributed by atoms with E-state index in [0.717, 1.165) is 5.56 Å². The maximum atomic E-state index is 13.0. The summed E-state index contributed by atoms with van der Waals surface area (Å²) in [4.78, 5) is 0. The molecule has 1 atom stereocenters. The molecule has 3 nitrogen and oxygen atoms in total. The third-order valence-corrected chi connectivity index (χ3v) is 3.51. The molecule has 1 aliphatic heterocycles. The van der Waals surface area contributed by atoms with E-state index in [1.54, 1.807) is 18.6 Å². The summed E-state index contributed by atoms with van der Waals surface area (Å²) in [5.74, 6) is 0.270. The highest BCUT2D eigenvalue weighted by molar-refractivity contribution is 8.04. The molecule has 1 aromatic rings. The van der Waals surface area contributed by atoms with Crippen LogP contribution < -0.4 is 4.74 Å². The molecular weight excluding hydrogens is 255 g/mol. The minimum Gasteiger partial charge on any atom is -0.505 e. The molecule has 5 heteroatoms. The molecule has 98 valence electrons. The monoisotopic (exact) mass is 271 g/mol. The van der Waals surface area contributed by atoms with E-state index in [4.69, 9.17) is 4.74 Å². The van der Waals surface area contributed by atoms with Crippen LogP contribution in [0.1, 0.15) is 12.0 Å². The zero-order valence-corrected chi connectivity index (χ0v) is 11.2. The number of ether oxygens (including phenoxy) is 1. The van der Waals surface area contributed by atoms with Crippen molar-refractivity contribution in [3.05, 3.63) is 40.7 Å². The molecule has 0 saturated heterocycles. The Morgan fingerprint density at radius 3 is 2.94 bits per heavy atom. The molecule has 0 radical (unpaired) electrons. The van der Waals surface area contributed by atoms with Crippen LogP contribution in [0.25, 0.3) is 0 Å². The lowest BCUT2D eigenvalue weighted by Gasteiger charge is -2.25. The van der Waals surface area contributed by atoms with Gasteiger partial charge in [-0.1, -0.05) is 0 Å². The van der Waals surface area contributed by atoms with Gasteiger partial charge in [-0.2, -0.15) is 0 Å². The van der Waals surface area contributed by atoms with E-state index in [1.165, 1.54) is 17.5 Å². The summed E-state index contributed by atoms with van der Waals surface area (Å²) in [6, 6.07) is 4.32. The Labute approximate surface area is 107 Å². The fourth-order valence-corrected chi connectivity index (χ4v) is 2.67. The number of fused-ring (bicyclic) bond motifs is 1. The van der Waals surface area contributed by atoms with Gasteiger partial charge in [-0.05, 0) is 36.6 Å². The second-order valence-corrected chi connectivity index (χ2v) is 7.60. The highest BCUT2D eigenvalue weighted by atomic mass is 32.2. The summed E-state index contributed by atoms with van der Waals surface area (Å²) in [5, 5.41) is 11.2. The molecule has 0 amide bonds. The van der Waals surface area contributed by atoms with Gasteiger partial charge in [0.1, 0.15) is 34.0 Å². The normalized spacial score (nSPS) is 20.2. The minimum atomic E-state index is -2.16. The van der Waals surface area contributed by atoms with Crippen LogP contribution in [-0.2, 0) is 20.6 Å². The Kier molecular flexibility index (Phi) is 3.43. The number of rotatable bonds is 2. The van der Waals surface area contributed by atoms with Gasteiger partial charge in [0, 0.05) is 0 Å². The highest BCUT2D eigenvalue weighted by Crippen LogP contribution is 2.30. The molecule has 1 N–H and O–H groups in total. The van der Waals surface area contributed by atoms with Crippen molar-refractivity contribution in [1.82, 2.24) is 0 Å². The second-order valence-electron chi connectivity index (χ2n) is 4.75. The van der Waals surface area contributed by atoms with Crippen LogP contribution >= 0.6 is 0 Å². The van der Waals surface area contributed by atoms with Gasteiger partial charge in [0.15, 0.2) is 17.3 Å². The first-order valence-corrected chi connectivity index (χ1v) is 8.09. The van der Waals surface area contributed by atoms with Gasteiger partial charge >= 0.3 is 0 Å². The van der Waals surface area contributed by atoms with Crippen LogP contribution in [0.4, 0.5) is 4.39 Å². The maximum Gasteiger partial charge on any atom is 0.181 e. The molecule has 0 fully saturated rings. The maximum absolute atomic E-state index is 13.0. The number of halogens is 1. The van der Waals surface area contributed by atoms with Gasteiger partial charge in [-0.3, -0.25) is 0 Å². The van der Waals surface area contributed by atoms with E-state index in [-0.39, 0.29) is 11.6 Å². The topological polar surface area (TPSA) is 46.5 Å². The Bertz CT molecular complexity index is 533. The third-order valence-electron chi connectivity index (χ3n) is 2.70. The number of aliphatic hydroxyl groups excluding tert-OH is 1. The smallest absolute Gasteiger partial charge is 0.181 e. The number of benzene rings is 1. The van der Waals surface area contributed by atoms with E-state index in [1.807, 2.05) is 0 Å². The van der Waals surface area contributed by atoms with Gasteiger partial charge in [0.05, 0.1) is 0 Å². The fraction of sp³-hybridized carbons (Fsp3) is 0.385. The average molecular weight is 271 g/mol. The lowest BCUT2D eigenvalue weighted by Crippen LogP contribution is -2.25. The van der Waals surface area contributed by atoms with Crippen LogP contribution in [-0.4, -0.2) is 23.7 Å². The van der Waals surface area contributed by atoms with Crippen LogP contribution in [0, 0.1) is 5.82 Å². The summed E-state index contributed by atoms with van der Waals surface area (Å²) >= 11 is 0. The van der Waals surface area contributed by atoms with Crippen molar-refractivity contribution in [3.8, 4) is 5.75 Å². The van der Waals surface area contributed by atoms with Gasteiger partial charge in [-0.15, -0.1) is 4.21 Å². The molecule has 1 aromatic carbocycles. The Hall–Kier alpha value is -1.36. The first-order chi connectivity index (χ1) is 8.35. The zero-order valence-electron chi connectivity index (χ0n) is 10.4. The Morgan fingerprint density at radius 2 is 2.28 bits per heavy atom. The molecule has 1 heterocycles. The van der Waals surface area contributed by atoms with Crippen molar-refractivity contribution in [3.63, 3.8) is 0 Å². The minimum absolute atomic E-state index is 0.0139. The summed E-state index contributed by atoms with van der Waals surface area (Å²) < 4.78 is 30.2. The van der Waals surface area contributed by atoms with E-state index in [0.29, 0.717) is 18.6 Å². The molecule has 0 aromatic heterocycles. The first-order valence-electron chi connectivity index (χ1n) is 5.65. The first kappa shape index (κ1) is 13.1. The van der Waals surface area contributed by atoms with Crippen LogP contribution in [0.5, 0.6) is 5.75 Å². The number of aliphatic hydroxyl groups is 1. The molecule has 1 unspecified atom stereocenters. The molecular formula is C13H16FO3S+.